The van der Waals surface area contributed by atoms with Crippen LogP contribution in [0.4, 0.5) is 5.82 Å². The molecule has 1 aliphatic rings. The van der Waals surface area contributed by atoms with Gasteiger partial charge in [-0.3, -0.25) is 0 Å². The van der Waals surface area contributed by atoms with Crippen molar-refractivity contribution in [3.05, 3.63) is 36.3 Å². The zero-order valence-electron chi connectivity index (χ0n) is 13.2. The quantitative estimate of drug-likeness (QED) is 0.838. The summed E-state index contributed by atoms with van der Waals surface area (Å²) in [5, 5.41) is 0. The number of hydrogen-bond donors (Lipinski definition) is 0. The Hall–Kier alpha value is -2.09. The van der Waals surface area contributed by atoms with E-state index in [2.05, 4.69) is 24.8 Å². The summed E-state index contributed by atoms with van der Waals surface area (Å²) in [5.41, 5.74) is 1.58. The Morgan fingerprint density at radius 2 is 1.87 bits per heavy atom. The van der Waals surface area contributed by atoms with Crippen LogP contribution in [0, 0.1) is 6.92 Å². The van der Waals surface area contributed by atoms with E-state index >= 15 is 0 Å². The highest BCUT2D eigenvalue weighted by Gasteiger charge is 2.27. The van der Waals surface area contributed by atoms with Crippen molar-refractivity contribution >= 4 is 15.7 Å². The second-order valence-electron chi connectivity index (χ2n) is 5.82. The number of aryl methyl sites for hydroxylation is 1. The minimum absolute atomic E-state index is 0.127. The molecule has 0 aliphatic carbocycles. The lowest BCUT2D eigenvalue weighted by Gasteiger charge is -2.32. The lowest BCUT2D eigenvalue weighted by molar-refractivity contribution is 0.484. The van der Waals surface area contributed by atoms with Gasteiger partial charge in [0.05, 0.1) is 5.69 Å². The average molecular weight is 333 g/mol. The predicted molar refractivity (Wildman–Crippen MR) is 86.1 cm³/mol. The summed E-state index contributed by atoms with van der Waals surface area (Å²) in [6, 6.07) is 1.97. The molecular formula is C15H19N5O2S. The van der Waals surface area contributed by atoms with Gasteiger partial charge in [0.1, 0.15) is 23.4 Å². The largest absolute Gasteiger partial charge is 0.356 e. The Labute approximate surface area is 135 Å². The van der Waals surface area contributed by atoms with E-state index in [-0.39, 0.29) is 10.8 Å². The fourth-order valence-corrected chi connectivity index (χ4v) is 3.77. The maximum absolute atomic E-state index is 11.9. The van der Waals surface area contributed by atoms with Gasteiger partial charge in [0.15, 0.2) is 9.84 Å². The van der Waals surface area contributed by atoms with Crippen molar-refractivity contribution in [3.63, 3.8) is 0 Å². The molecule has 2 aromatic heterocycles. The summed E-state index contributed by atoms with van der Waals surface area (Å²) in [6.07, 6.45) is 7.27. The molecule has 3 heterocycles. The van der Waals surface area contributed by atoms with E-state index < -0.39 is 9.84 Å². The van der Waals surface area contributed by atoms with E-state index in [4.69, 9.17) is 0 Å². The fourth-order valence-electron chi connectivity index (χ4n) is 2.91. The van der Waals surface area contributed by atoms with Crippen molar-refractivity contribution in [2.45, 2.75) is 30.6 Å². The van der Waals surface area contributed by atoms with E-state index in [1.165, 1.54) is 18.8 Å². The Balaban J connectivity index is 1.78. The van der Waals surface area contributed by atoms with Crippen LogP contribution in [0.1, 0.15) is 30.1 Å². The first-order valence-electron chi connectivity index (χ1n) is 7.48. The van der Waals surface area contributed by atoms with Crippen LogP contribution in [-0.4, -0.2) is 47.7 Å². The Morgan fingerprint density at radius 1 is 1.13 bits per heavy atom. The van der Waals surface area contributed by atoms with Crippen LogP contribution in [-0.2, 0) is 9.84 Å². The number of rotatable bonds is 3. The molecule has 2 aromatic rings. The molecule has 1 fully saturated rings. The van der Waals surface area contributed by atoms with Crippen molar-refractivity contribution in [1.82, 2.24) is 19.9 Å². The fraction of sp³-hybridized carbons (Fsp3) is 0.467. The van der Waals surface area contributed by atoms with E-state index in [1.807, 2.05) is 13.0 Å². The number of hydrogen-bond acceptors (Lipinski definition) is 7. The van der Waals surface area contributed by atoms with Crippen molar-refractivity contribution in [1.29, 1.82) is 0 Å². The molecule has 3 rings (SSSR count). The first-order valence-corrected chi connectivity index (χ1v) is 9.38. The number of piperidine rings is 1. The Morgan fingerprint density at radius 3 is 2.52 bits per heavy atom. The molecule has 122 valence electrons. The topological polar surface area (TPSA) is 88.9 Å². The number of anilines is 1. The van der Waals surface area contributed by atoms with Gasteiger partial charge in [-0.1, -0.05) is 0 Å². The molecule has 0 radical (unpaired) electrons. The minimum Gasteiger partial charge on any atom is -0.356 e. The van der Waals surface area contributed by atoms with Crippen molar-refractivity contribution in [2.24, 2.45) is 0 Å². The molecule has 23 heavy (non-hydrogen) atoms. The highest BCUT2D eigenvalue weighted by Crippen LogP contribution is 2.31. The van der Waals surface area contributed by atoms with E-state index in [9.17, 15) is 8.42 Å². The third kappa shape index (κ3) is 3.47. The first-order chi connectivity index (χ1) is 10.9. The number of aromatic nitrogens is 4. The van der Waals surface area contributed by atoms with Gasteiger partial charge in [-0.05, 0) is 19.8 Å². The highest BCUT2D eigenvalue weighted by atomic mass is 32.2. The molecule has 0 unspecified atom stereocenters. The van der Waals surface area contributed by atoms with Gasteiger partial charge in [-0.25, -0.2) is 28.4 Å². The van der Waals surface area contributed by atoms with Gasteiger partial charge in [-0.2, -0.15) is 0 Å². The van der Waals surface area contributed by atoms with Gasteiger partial charge in [-0.15, -0.1) is 0 Å². The van der Waals surface area contributed by atoms with Gasteiger partial charge in [0.25, 0.3) is 0 Å². The lowest BCUT2D eigenvalue weighted by atomic mass is 9.93. The molecule has 1 aliphatic heterocycles. The molecule has 1 saturated heterocycles. The van der Waals surface area contributed by atoms with Gasteiger partial charge in [0, 0.05) is 43.2 Å². The van der Waals surface area contributed by atoms with Crippen molar-refractivity contribution in [2.75, 3.05) is 24.2 Å². The van der Waals surface area contributed by atoms with Crippen LogP contribution >= 0.6 is 0 Å². The summed E-state index contributed by atoms with van der Waals surface area (Å²) < 4.78 is 23.8. The SMILES string of the molecule is Cc1cc(N2CCC(c3ncncc3S(C)(=O)=O)CC2)ncn1. The Kier molecular flexibility index (Phi) is 4.25. The molecule has 0 atom stereocenters. The molecule has 0 bridgehead atoms. The molecule has 0 N–H and O–H groups in total. The monoisotopic (exact) mass is 333 g/mol. The van der Waals surface area contributed by atoms with Crippen LogP contribution < -0.4 is 4.90 Å². The highest BCUT2D eigenvalue weighted by molar-refractivity contribution is 7.90. The maximum atomic E-state index is 11.9. The lowest BCUT2D eigenvalue weighted by Crippen LogP contribution is -2.34. The summed E-state index contributed by atoms with van der Waals surface area (Å²) in [6.45, 7) is 3.57. The summed E-state index contributed by atoms with van der Waals surface area (Å²) in [7, 11) is -3.31. The van der Waals surface area contributed by atoms with E-state index in [0.717, 1.165) is 37.4 Å². The smallest absolute Gasteiger partial charge is 0.178 e. The number of sulfone groups is 1. The summed E-state index contributed by atoms with van der Waals surface area (Å²) >= 11 is 0. The zero-order chi connectivity index (χ0) is 16.4. The van der Waals surface area contributed by atoms with Crippen LogP contribution in [0.25, 0.3) is 0 Å². The zero-order valence-corrected chi connectivity index (χ0v) is 14.0. The van der Waals surface area contributed by atoms with Crippen molar-refractivity contribution in [3.8, 4) is 0 Å². The standard InChI is InChI=1S/C15H19N5O2S/c1-11-7-14(18-10-17-11)20-5-3-12(4-6-20)15-13(23(2,21)22)8-16-9-19-15/h7-10,12H,3-6H2,1-2H3. The molecule has 0 amide bonds. The van der Waals surface area contributed by atoms with Crippen LogP contribution in [0.5, 0.6) is 0 Å². The third-order valence-electron chi connectivity index (χ3n) is 4.10. The second kappa shape index (κ2) is 6.19. The van der Waals surface area contributed by atoms with E-state index in [0.29, 0.717) is 5.69 Å². The molecule has 0 saturated carbocycles. The minimum atomic E-state index is -3.31. The summed E-state index contributed by atoms with van der Waals surface area (Å²) in [4.78, 5) is 19.0. The first kappa shape index (κ1) is 15.8. The molecular weight excluding hydrogens is 314 g/mol. The molecule has 8 heteroatoms. The normalized spacial score (nSPS) is 16.5. The van der Waals surface area contributed by atoms with Gasteiger partial charge >= 0.3 is 0 Å². The average Bonchev–Trinajstić information content (AvgIpc) is 2.54. The van der Waals surface area contributed by atoms with Gasteiger partial charge < -0.3 is 4.90 Å². The molecule has 0 aromatic carbocycles. The maximum Gasteiger partial charge on any atom is 0.178 e. The van der Waals surface area contributed by atoms with Crippen molar-refractivity contribution < 1.29 is 8.42 Å². The predicted octanol–water partition coefficient (Wildman–Crippen LogP) is 1.36. The third-order valence-corrected chi connectivity index (χ3v) is 5.22. The van der Waals surface area contributed by atoms with Gasteiger partial charge in [0.2, 0.25) is 0 Å². The Bertz CT molecular complexity index is 801. The molecule has 0 spiro atoms. The van der Waals surface area contributed by atoms with E-state index in [1.54, 1.807) is 6.33 Å². The second-order valence-corrected chi connectivity index (χ2v) is 7.81. The van der Waals surface area contributed by atoms with Crippen LogP contribution in [0.2, 0.25) is 0 Å². The van der Waals surface area contributed by atoms with Crippen LogP contribution in [0.3, 0.4) is 0 Å². The molecule has 7 nitrogen and oxygen atoms in total. The van der Waals surface area contributed by atoms with Crippen LogP contribution in [0.15, 0.2) is 29.8 Å². The summed E-state index contributed by atoms with van der Waals surface area (Å²) in [5.74, 6) is 1.05. The number of nitrogens with zero attached hydrogens (tertiary/aromatic N) is 5.